The van der Waals surface area contributed by atoms with Crippen molar-refractivity contribution in [2.24, 2.45) is 11.8 Å². The van der Waals surface area contributed by atoms with Crippen LogP contribution in [0.5, 0.6) is 0 Å². The maximum Gasteiger partial charge on any atom is 0.0224 e. The average molecular weight is 126 g/mol. The molecule has 2 fully saturated rings. The average Bonchev–Trinajstić information content (AvgIpc) is 2.58. The summed E-state index contributed by atoms with van der Waals surface area (Å²) in [5, 5.41) is 6.57. The zero-order valence-corrected chi connectivity index (χ0v) is 5.85. The maximum absolute atomic E-state index is 3.36. The SMILES string of the molecule is CNCC1CC1C1CN1. The summed E-state index contributed by atoms with van der Waals surface area (Å²) >= 11 is 0. The molecule has 2 heteroatoms. The van der Waals surface area contributed by atoms with E-state index in [-0.39, 0.29) is 0 Å². The van der Waals surface area contributed by atoms with E-state index in [0.717, 1.165) is 17.9 Å². The highest BCUT2D eigenvalue weighted by Gasteiger charge is 2.46. The first-order valence-corrected chi connectivity index (χ1v) is 3.80. The smallest absolute Gasteiger partial charge is 0.0224 e. The second-order valence-corrected chi connectivity index (χ2v) is 3.23. The number of rotatable bonds is 3. The summed E-state index contributed by atoms with van der Waals surface area (Å²) in [6.45, 7) is 2.51. The van der Waals surface area contributed by atoms with Crippen molar-refractivity contribution in [3.8, 4) is 0 Å². The number of hydrogen-bond acceptors (Lipinski definition) is 2. The van der Waals surface area contributed by atoms with Crippen molar-refractivity contribution in [1.82, 2.24) is 10.6 Å². The molecule has 1 saturated carbocycles. The normalized spacial score (nSPS) is 47.0. The van der Waals surface area contributed by atoms with E-state index < -0.39 is 0 Å². The Morgan fingerprint density at radius 3 is 3.00 bits per heavy atom. The van der Waals surface area contributed by atoms with Gasteiger partial charge in [0.2, 0.25) is 0 Å². The molecule has 0 bridgehead atoms. The molecule has 1 saturated heterocycles. The third-order valence-corrected chi connectivity index (χ3v) is 2.40. The molecule has 1 aliphatic heterocycles. The Balaban J connectivity index is 1.69. The summed E-state index contributed by atoms with van der Waals surface area (Å²) in [5.74, 6) is 2.02. The van der Waals surface area contributed by atoms with Crippen LogP contribution in [0.3, 0.4) is 0 Å². The molecule has 2 rings (SSSR count). The highest BCUT2D eigenvalue weighted by molar-refractivity contribution is 5.03. The van der Waals surface area contributed by atoms with Crippen LogP contribution in [-0.4, -0.2) is 26.2 Å². The molecule has 0 aromatic heterocycles. The fraction of sp³-hybridized carbons (Fsp3) is 1.00. The van der Waals surface area contributed by atoms with Crippen molar-refractivity contribution in [3.05, 3.63) is 0 Å². The summed E-state index contributed by atoms with van der Waals surface area (Å²) in [7, 11) is 2.04. The van der Waals surface area contributed by atoms with Gasteiger partial charge in [0.25, 0.3) is 0 Å². The van der Waals surface area contributed by atoms with Crippen molar-refractivity contribution in [2.45, 2.75) is 12.5 Å². The van der Waals surface area contributed by atoms with Crippen molar-refractivity contribution in [2.75, 3.05) is 20.1 Å². The molecule has 1 aliphatic carbocycles. The second kappa shape index (κ2) is 1.96. The highest BCUT2D eigenvalue weighted by atomic mass is 15.1. The Morgan fingerprint density at radius 2 is 2.44 bits per heavy atom. The number of hydrogen-bond donors (Lipinski definition) is 2. The van der Waals surface area contributed by atoms with Gasteiger partial charge in [0.15, 0.2) is 0 Å². The molecule has 0 amide bonds. The molecular formula is C7H14N2. The Morgan fingerprint density at radius 1 is 1.67 bits per heavy atom. The van der Waals surface area contributed by atoms with Gasteiger partial charge in [0, 0.05) is 12.6 Å². The molecule has 0 aromatic carbocycles. The highest BCUT2D eigenvalue weighted by Crippen LogP contribution is 2.43. The largest absolute Gasteiger partial charge is 0.319 e. The lowest BCUT2D eigenvalue weighted by molar-refractivity contribution is 0.638. The minimum atomic E-state index is 0.906. The first-order valence-electron chi connectivity index (χ1n) is 3.80. The molecule has 3 atom stereocenters. The summed E-state index contributed by atoms with van der Waals surface area (Å²) in [5.41, 5.74) is 0. The second-order valence-electron chi connectivity index (χ2n) is 3.23. The van der Waals surface area contributed by atoms with E-state index in [4.69, 9.17) is 0 Å². The zero-order valence-electron chi connectivity index (χ0n) is 5.85. The van der Waals surface area contributed by atoms with Gasteiger partial charge in [-0.3, -0.25) is 0 Å². The molecule has 2 nitrogen and oxygen atoms in total. The molecule has 0 radical (unpaired) electrons. The van der Waals surface area contributed by atoms with Gasteiger partial charge in [0.1, 0.15) is 0 Å². The molecule has 2 aliphatic rings. The minimum Gasteiger partial charge on any atom is -0.319 e. The van der Waals surface area contributed by atoms with E-state index in [2.05, 4.69) is 10.6 Å². The van der Waals surface area contributed by atoms with Crippen LogP contribution < -0.4 is 10.6 Å². The maximum atomic E-state index is 3.36. The standard InChI is InChI=1S/C7H14N2/c1-8-3-5-2-6(5)7-4-9-7/h5-9H,2-4H2,1H3. The van der Waals surface area contributed by atoms with Gasteiger partial charge in [0.05, 0.1) is 0 Å². The van der Waals surface area contributed by atoms with Crippen LogP contribution in [0.4, 0.5) is 0 Å². The van der Waals surface area contributed by atoms with E-state index in [0.29, 0.717) is 0 Å². The Hall–Kier alpha value is -0.0800. The van der Waals surface area contributed by atoms with Gasteiger partial charge in [-0.05, 0) is 31.8 Å². The van der Waals surface area contributed by atoms with E-state index in [1.807, 2.05) is 7.05 Å². The first-order chi connectivity index (χ1) is 4.42. The fourth-order valence-corrected chi connectivity index (χ4v) is 1.63. The molecule has 9 heavy (non-hydrogen) atoms. The summed E-state index contributed by atoms with van der Waals surface area (Å²) < 4.78 is 0. The van der Waals surface area contributed by atoms with E-state index in [1.165, 1.54) is 19.5 Å². The van der Waals surface area contributed by atoms with E-state index in [9.17, 15) is 0 Å². The lowest BCUT2D eigenvalue weighted by atomic mass is 10.2. The molecule has 2 N–H and O–H groups in total. The summed E-state index contributed by atoms with van der Waals surface area (Å²) in [6, 6.07) is 0.906. The van der Waals surface area contributed by atoms with Crippen molar-refractivity contribution < 1.29 is 0 Å². The van der Waals surface area contributed by atoms with Gasteiger partial charge < -0.3 is 10.6 Å². The van der Waals surface area contributed by atoms with Crippen LogP contribution in [0.25, 0.3) is 0 Å². The first kappa shape index (κ1) is 5.69. The summed E-state index contributed by atoms with van der Waals surface area (Å²) in [4.78, 5) is 0. The van der Waals surface area contributed by atoms with Crippen molar-refractivity contribution in [3.63, 3.8) is 0 Å². The quantitative estimate of drug-likeness (QED) is 0.514. The van der Waals surface area contributed by atoms with Gasteiger partial charge in [-0.25, -0.2) is 0 Å². The third kappa shape index (κ3) is 1.10. The van der Waals surface area contributed by atoms with Crippen LogP contribution in [0.15, 0.2) is 0 Å². The van der Waals surface area contributed by atoms with E-state index in [1.54, 1.807) is 0 Å². The van der Waals surface area contributed by atoms with Gasteiger partial charge in [-0.15, -0.1) is 0 Å². The van der Waals surface area contributed by atoms with Crippen LogP contribution in [0.2, 0.25) is 0 Å². The molecule has 0 spiro atoms. The number of nitrogens with one attached hydrogen (secondary N) is 2. The third-order valence-electron chi connectivity index (χ3n) is 2.40. The monoisotopic (exact) mass is 126 g/mol. The van der Waals surface area contributed by atoms with E-state index >= 15 is 0 Å². The van der Waals surface area contributed by atoms with Gasteiger partial charge in [-0.1, -0.05) is 0 Å². The lowest BCUT2D eigenvalue weighted by Crippen LogP contribution is -2.12. The topological polar surface area (TPSA) is 34.0 Å². The minimum absolute atomic E-state index is 0.906. The Kier molecular flexibility index (Phi) is 1.24. The predicted molar refractivity (Wildman–Crippen MR) is 37.3 cm³/mol. The molecule has 1 heterocycles. The Bertz CT molecular complexity index is 109. The fourth-order valence-electron chi connectivity index (χ4n) is 1.63. The van der Waals surface area contributed by atoms with Crippen molar-refractivity contribution >= 4 is 0 Å². The van der Waals surface area contributed by atoms with Crippen LogP contribution in [0, 0.1) is 11.8 Å². The molecular weight excluding hydrogens is 112 g/mol. The molecule has 52 valence electrons. The lowest BCUT2D eigenvalue weighted by Gasteiger charge is -1.93. The molecule has 0 aromatic rings. The van der Waals surface area contributed by atoms with Crippen LogP contribution in [-0.2, 0) is 0 Å². The van der Waals surface area contributed by atoms with Gasteiger partial charge >= 0.3 is 0 Å². The Labute approximate surface area is 56.0 Å². The van der Waals surface area contributed by atoms with Crippen LogP contribution in [0.1, 0.15) is 6.42 Å². The van der Waals surface area contributed by atoms with Gasteiger partial charge in [-0.2, -0.15) is 0 Å². The van der Waals surface area contributed by atoms with Crippen molar-refractivity contribution in [1.29, 1.82) is 0 Å². The molecule has 3 unspecified atom stereocenters. The van der Waals surface area contributed by atoms with Crippen LogP contribution >= 0.6 is 0 Å². The zero-order chi connectivity index (χ0) is 6.27. The predicted octanol–water partition coefficient (Wildman–Crippen LogP) is -0.186. The summed E-state index contributed by atoms with van der Waals surface area (Å²) in [6.07, 6.45) is 1.46.